The molecule has 2 heteroatoms. The van der Waals surface area contributed by atoms with E-state index in [2.05, 4.69) is 6.58 Å². The Morgan fingerprint density at radius 3 is 2.59 bits per heavy atom. The fourth-order valence-electron chi connectivity index (χ4n) is 1.51. The van der Waals surface area contributed by atoms with Gasteiger partial charge in [-0.2, -0.15) is 0 Å². The minimum Gasteiger partial charge on any atom is -0.489 e. The van der Waals surface area contributed by atoms with E-state index in [1.807, 2.05) is 30.3 Å². The van der Waals surface area contributed by atoms with Crippen LogP contribution in [0.3, 0.4) is 0 Å². The molecule has 0 bridgehead atoms. The van der Waals surface area contributed by atoms with Gasteiger partial charge >= 0.3 is 0 Å². The standard InChI is InChI=1S/C15H13FO/c1-2-13-10-14(8-9-15(13)16)17-11-12-6-4-3-5-7-12/h2-10H,1,11H2. The summed E-state index contributed by atoms with van der Waals surface area (Å²) >= 11 is 0. The lowest BCUT2D eigenvalue weighted by atomic mass is 10.2. The van der Waals surface area contributed by atoms with Crippen LogP contribution in [-0.4, -0.2) is 0 Å². The summed E-state index contributed by atoms with van der Waals surface area (Å²) in [6, 6.07) is 14.5. The molecule has 86 valence electrons. The van der Waals surface area contributed by atoms with E-state index in [0.29, 0.717) is 17.9 Å². The Bertz CT molecular complexity index is 506. The lowest BCUT2D eigenvalue weighted by molar-refractivity contribution is 0.305. The van der Waals surface area contributed by atoms with Crippen LogP contribution in [-0.2, 0) is 6.61 Å². The molecule has 0 aliphatic carbocycles. The largest absolute Gasteiger partial charge is 0.489 e. The second kappa shape index (κ2) is 5.30. The second-order valence-corrected chi connectivity index (χ2v) is 3.66. The van der Waals surface area contributed by atoms with Gasteiger partial charge in [0.05, 0.1) is 0 Å². The quantitative estimate of drug-likeness (QED) is 0.767. The van der Waals surface area contributed by atoms with Crippen LogP contribution < -0.4 is 4.74 Å². The fourth-order valence-corrected chi connectivity index (χ4v) is 1.51. The second-order valence-electron chi connectivity index (χ2n) is 3.66. The van der Waals surface area contributed by atoms with E-state index < -0.39 is 0 Å². The van der Waals surface area contributed by atoms with Crippen LogP contribution in [0.1, 0.15) is 11.1 Å². The van der Waals surface area contributed by atoms with Gasteiger partial charge in [0.15, 0.2) is 0 Å². The Morgan fingerprint density at radius 1 is 1.12 bits per heavy atom. The van der Waals surface area contributed by atoms with E-state index in [1.165, 1.54) is 12.1 Å². The first-order chi connectivity index (χ1) is 8.29. The van der Waals surface area contributed by atoms with E-state index in [9.17, 15) is 4.39 Å². The van der Waals surface area contributed by atoms with Gasteiger partial charge in [0.2, 0.25) is 0 Å². The van der Waals surface area contributed by atoms with E-state index >= 15 is 0 Å². The van der Waals surface area contributed by atoms with Gasteiger partial charge in [-0.05, 0) is 23.8 Å². The maximum atomic E-state index is 13.2. The lowest BCUT2D eigenvalue weighted by Crippen LogP contribution is -1.95. The molecule has 0 saturated heterocycles. The third kappa shape index (κ3) is 2.94. The van der Waals surface area contributed by atoms with Crippen molar-refractivity contribution in [1.82, 2.24) is 0 Å². The Kier molecular flexibility index (Phi) is 3.55. The molecule has 0 N–H and O–H groups in total. The summed E-state index contributed by atoms with van der Waals surface area (Å²) in [6.45, 7) is 4.03. The molecule has 0 spiro atoms. The first-order valence-corrected chi connectivity index (χ1v) is 5.38. The smallest absolute Gasteiger partial charge is 0.130 e. The Morgan fingerprint density at radius 2 is 1.88 bits per heavy atom. The van der Waals surface area contributed by atoms with Crippen LogP contribution in [0.4, 0.5) is 4.39 Å². The van der Waals surface area contributed by atoms with Crippen LogP contribution in [0.15, 0.2) is 55.1 Å². The normalized spacial score (nSPS) is 9.94. The van der Waals surface area contributed by atoms with Crippen molar-refractivity contribution in [2.45, 2.75) is 6.61 Å². The predicted molar refractivity (Wildman–Crippen MR) is 67.3 cm³/mol. The number of hydrogen-bond acceptors (Lipinski definition) is 1. The molecule has 0 aromatic heterocycles. The summed E-state index contributed by atoms with van der Waals surface area (Å²) < 4.78 is 18.8. The molecule has 0 aliphatic heterocycles. The van der Waals surface area contributed by atoms with Gasteiger partial charge in [0.1, 0.15) is 18.2 Å². The maximum Gasteiger partial charge on any atom is 0.130 e. The van der Waals surface area contributed by atoms with Crippen LogP contribution in [0.5, 0.6) is 5.75 Å². The molecule has 0 amide bonds. The number of benzene rings is 2. The van der Waals surface area contributed by atoms with Crippen molar-refractivity contribution in [3.8, 4) is 5.75 Å². The average Bonchev–Trinajstić information content (AvgIpc) is 2.39. The van der Waals surface area contributed by atoms with Crippen molar-refractivity contribution in [2.24, 2.45) is 0 Å². The monoisotopic (exact) mass is 228 g/mol. The van der Waals surface area contributed by atoms with Gasteiger partial charge in [-0.15, -0.1) is 0 Å². The maximum absolute atomic E-state index is 13.2. The van der Waals surface area contributed by atoms with Crippen molar-refractivity contribution < 1.29 is 9.13 Å². The first kappa shape index (κ1) is 11.4. The minimum atomic E-state index is -0.285. The van der Waals surface area contributed by atoms with Crippen LogP contribution in [0.2, 0.25) is 0 Å². The summed E-state index contributed by atoms with van der Waals surface area (Å²) in [5.74, 6) is 0.359. The predicted octanol–water partition coefficient (Wildman–Crippen LogP) is 4.05. The third-order valence-corrected chi connectivity index (χ3v) is 2.44. The van der Waals surface area contributed by atoms with Crippen molar-refractivity contribution in [3.05, 3.63) is 72.1 Å². The molecule has 2 aromatic carbocycles. The van der Waals surface area contributed by atoms with E-state index in [0.717, 1.165) is 5.56 Å². The first-order valence-electron chi connectivity index (χ1n) is 5.38. The van der Waals surface area contributed by atoms with E-state index in [4.69, 9.17) is 4.74 Å². The number of rotatable bonds is 4. The molecule has 0 radical (unpaired) electrons. The van der Waals surface area contributed by atoms with Gasteiger partial charge in [0, 0.05) is 5.56 Å². The van der Waals surface area contributed by atoms with Crippen molar-refractivity contribution in [1.29, 1.82) is 0 Å². The van der Waals surface area contributed by atoms with Crippen molar-refractivity contribution in [2.75, 3.05) is 0 Å². The zero-order chi connectivity index (χ0) is 12.1. The highest BCUT2D eigenvalue weighted by atomic mass is 19.1. The van der Waals surface area contributed by atoms with Gasteiger partial charge in [-0.25, -0.2) is 4.39 Å². The molecule has 1 nitrogen and oxygen atoms in total. The van der Waals surface area contributed by atoms with Crippen LogP contribution in [0, 0.1) is 5.82 Å². The van der Waals surface area contributed by atoms with Gasteiger partial charge in [0.25, 0.3) is 0 Å². The van der Waals surface area contributed by atoms with Crippen molar-refractivity contribution in [3.63, 3.8) is 0 Å². The average molecular weight is 228 g/mol. The van der Waals surface area contributed by atoms with Crippen LogP contribution in [0.25, 0.3) is 6.08 Å². The van der Waals surface area contributed by atoms with Gasteiger partial charge in [-0.1, -0.05) is 43.0 Å². The summed E-state index contributed by atoms with van der Waals surface area (Å²) in [4.78, 5) is 0. The summed E-state index contributed by atoms with van der Waals surface area (Å²) in [7, 11) is 0. The van der Waals surface area contributed by atoms with E-state index in [1.54, 1.807) is 12.1 Å². The molecule has 2 aromatic rings. The number of hydrogen-bond donors (Lipinski definition) is 0. The zero-order valence-corrected chi connectivity index (χ0v) is 9.40. The molecule has 0 heterocycles. The third-order valence-electron chi connectivity index (χ3n) is 2.44. The summed E-state index contributed by atoms with van der Waals surface area (Å²) in [5, 5.41) is 0. The highest BCUT2D eigenvalue weighted by molar-refractivity contribution is 5.50. The molecule has 0 unspecified atom stereocenters. The highest BCUT2D eigenvalue weighted by Gasteiger charge is 2.01. The molecule has 0 fully saturated rings. The fraction of sp³-hybridized carbons (Fsp3) is 0.0667. The highest BCUT2D eigenvalue weighted by Crippen LogP contribution is 2.18. The number of ether oxygens (including phenoxy) is 1. The Labute approximate surface area is 100 Å². The lowest BCUT2D eigenvalue weighted by Gasteiger charge is -2.07. The number of halogens is 1. The molecule has 2 rings (SSSR count). The van der Waals surface area contributed by atoms with E-state index in [-0.39, 0.29) is 5.82 Å². The van der Waals surface area contributed by atoms with Crippen molar-refractivity contribution >= 4 is 6.08 Å². The summed E-state index contributed by atoms with van der Waals surface area (Å²) in [6.07, 6.45) is 1.48. The zero-order valence-electron chi connectivity index (χ0n) is 9.40. The molecule has 0 aliphatic rings. The topological polar surface area (TPSA) is 9.23 Å². The van der Waals surface area contributed by atoms with Gasteiger partial charge in [-0.3, -0.25) is 0 Å². The Balaban J connectivity index is 2.07. The van der Waals surface area contributed by atoms with Crippen LogP contribution >= 0.6 is 0 Å². The minimum absolute atomic E-state index is 0.285. The molecule has 0 saturated carbocycles. The molecule has 17 heavy (non-hydrogen) atoms. The molecular formula is C15H13FO. The summed E-state index contributed by atoms with van der Waals surface area (Å²) in [5.41, 5.74) is 1.53. The SMILES string of the molecule is C=Cc1cc(OCc2ccccc2)ccc1F. The molecule has 0 atom stereocenters. The molecular weight excluding hydrogens is 215 g/mol. The Hall–Kier alpha value is -2.09. The van der Waals surface area contributed by atoms with Gasteiger partial charge < -0.3 is 4.74 Å².